The van der Waals surface area contributed by atoms with Crippen LogP contribution in [0.3, 0.4) is 0 Å². The molecule has 2 aliphatic rings. The van der Waals surface area contributed by atoms with E-state index in [1.54, 1.807) is 12.4 Å². The number of rotatable bonds is 3. The van der Waals surface area contributed by atoms with Crippen molar-refractivity contribution in [3.8, 4) is 11.5 Å². The third kappa shape index (κ3) is 2.95. The molecule has 3 heterocycles. The second-order valence-corrected chi connectivity index (χ2v) is 6.36. The lowest BCUT2D eigenvalue weighted by Gasteiger charge is -2.31. The number of aryl methyl sites for hydroxylation is 1. The molecule has 1 aliphatic carbocycles. The SMILES string of the molecule is Cc1ncc(-c2nnc([C@@H]3CCCN(C(=O)C4CC4)C3)o2)cn1. The molecule has 1 amide bonds. The Balaban J connectivity index is 1.49. The van der Waals surface area contributed by atoms with E-state index in [-0.39, 0.29) is 11.8 Å². The average Bonchev–Trinajstić information content (AvgIpc) is 3.32. The van der Waals surface area contributed by atoms with E-state index in [0.717, 1.165) is 37.8 Å². The van der Waals surface area contributed by atoms with Crippen molar-refractivity contribution in [2.75, 3.05) is 13.1 Å². The minimum atomic E-state index is 0.124. The van der Waals surface area contributed by atoms with Gasteiger partial charge in [-0.1, -0.05) is 0 Å². The van der Waals surface area contributed by atoms with Crippen molar-refractivity contribution in [2.45, 2.75) is 38.5 Å². The summed E-state index contributed by atoms with van der Waals surface area (Å²) in [6.07, 6.45) is 7.40. The second-order valence-electron chi connectivity index (χ2n) is 6.36. The monoisotopic (exact) mass is 313 g/mol. The Labute approximate surface area is 134 Å². The minimum Gasteiger partial charge on any atom is -0.420 e. The number of amides is 1. The molecule has 1 saturated heterocycles. The lowest BCUT2D eigenvalue weighted by atomic mass is 9.97. The number of aromatic nitrogens is 4. The molecule has 1 saturated carbocycles. The van der Waals surface area contributed by atoms with Crippen molar-refractivity contribution in [1.29, 1.82) is 0 Å². The summed E-state index contributed by atoms with van der Waals surface area (Å²) in [5.74, 6) is 2.42. The maximum atomic E-state index is 12.2. The van der Waals surface area contributed by atoms with E-state index in [4.69, 9.17) is 4.42 Å². The first-order valence-corrected chi connectivity index (χ1v) is 8.12. The van der Waals surface area contributed by atoms with Crippen molar-refractivity contribution in [3.05, 3.63) is 24.1 Å². The standard InChI is InChI=1S/C16H19N5O2/c1-10-17-7-13(8-18-10)15-20-19-14(23-15)12-3-2-6-21(9-12)16(22)11-4-5-11/h7-8,11-12H,2-6,9H2,1H3/t12-/m1/s1. The summed E-state index contributed by atoms with van der Waals surface area (Å²) >= 11 is 0. The van der Waals surface area contributed by atoms with Crippen LogP contribution in [0.2, 0.25) is 0 Å². The molecule has 0 unspecified atom stereocenters. The lowest BCUT2D eigenvalue weighted by molar-refractivity contribution is -0.133. The van der Waals surface area contributed by atoms with Gasteiger partial charge in [-0.05, 0) is 32.6 Å². The van der Waals surface area contributed by atoms with Gasteiger partial charge in [-0.2, -0.15) is 0 Å². The van der Waals surface area contributed by atoms with E-state index in [1.807, 2.05) is 11.8 Å². The van der Waals surface area contributed by atoms with Gasteiger partial charge in [0.05, 0.1) is 11.5 Å². The van der Waals surface area contributed by atoms with Crippen LogP contribution >= 0.6 is 0 Å². The molecule has 2 aromatic heterocycles. The molecule has 0 aromatic carbocycles. The van der Waals surface area contributed by atoms with Crippen LogP contribution in [0, 0.1) is 12.8 Å². The van der Waals surface area contributed by atoms with Crippen molar-refractivity contribution in [2.24, 2.45) is 5.92 Å². The van der Waals surface area contributed by atoms with E-state index in [2.05, 4.69) is 20.2 Å². The molecule has 120 valence electrons. The van der Waals surface area contributed by atoms with Crippen LogP contribution in [-0.4, -0.2) is 44.1 Å². The highest BCUT2D eigenvalue weighted by atomic mass is 16.4. The van der Waals surface area contributed by atoms with Gasteiger partial charge >= 0.3 is 0 Å². The van der Waals surface area contributed by atoms with Crippen molar-refractivity contribution < 1.29 is 9.21 Å². The molecule has 1 atom stereocenters. The predicted octanol–water partition coefficient (Wildman–Crippen LogP) is 1.95. The average molecular weight is 313 g/mol. The zero-order valence-electron chi connectivity index (χ0n) is 13.1. The topological polar surface area (TPSA) is 85.0 Å². The van der Waals surface area contributed by atoms with Gasteiger partial charge in [0, 0.05) is 31.4 Å². The third-order valence-corrected chi connectivity index (χ3v) is 4.48. The highest BCUT2D eigenvalue weighted by Gasteiger charge is 2.36. The van der Waals surface area contributed by atoms with Gasteiger partial charge in [-0.25, -0.2) is 9.97 Å². The molecule has 0 N–H and O–H groups in total. The maximum absolute atomic E-state index is 12.2. The summed E-state index contributed by atoms with van der Waals surface area (Å²) in [5.41, 5.74) is 0.719. The first-order valence-electron chi connectivity index (χ1n) is 8.12. The molecule has 0 spiro atoms. The second kappa shape index (κ2) is 5.72. The third-order valence-electron chi connectivity index (χ3n) is 4.48. The first kappa shape index (κ1) is 14.3. The Kier molecular flexibility index (Phi) is 3.55. The first-order chi connectivity index (χ1) is 11.2. The fourth-order valence-electron chi connectivity index (χ4n) is 2.99. The molecule has 0 bridgehead atoms. The molecule has 23 heavy (non-hydrogen) atoms. The number of hydrogen-bond donors (Lipinski definition) is 0. The summed E-state index contributed by atoms with van der Waals surface area (Å²) in [6, 6.07) is 0. The van der Waals surface area contributed by atoms with Crippen molar-refractivity contribution in [1.82, 2.24) is 25.1 Å². The van der Waals surface area contributed by atoms with Crippen LogP contribution in [0.1, 0.15) is 43.3 Å². The highest BCUT2D eigenvalue weighted by molar-refractivity contribution is 5.81. The molecule has 2 fully saturated rings. The van der Waals surface area contributed by atoms with Gasteiger partial charge in [0.2, 0.25) is 11.8 Å². The van der Waals surface area contributed by atoms with Crippen LogP contribution in [0.5, 0.6) is 0 Å². The summed E-state index contributed by atoms with van der Waals surface area (Å²) in [5, 5.41) is 8.29. The Morgan fingerprint density at radius 2 is 2.00 bits per heavy atom. The Morgan fingerprint density at radius 1 is 1.22 bits per heavy atom. The largest absolute Gasteiger partial charge is 0.420 e. The predicted molar refractivity (Wildman–Crippen MR) is 81.3 cm³/mol. The van der Waals surface area contributed by atoms with E-state index in [0.29, 0.717) is 30.1 Å². The summed E-state index contributed by atoms with van der Waals surface area (Å²) in [4.78, 5) is 22.5. The Morgan fingerprint density at radius 3 is 2.74 bits per heavy atom. The van der Waals surface area contributed by atoms with Gasteiger partial charge in [-0.3, -0.25) is 4.79 Å². The Bertz CT molecular complexity index is 708. The molecular weight excluding hydrogens is 294 g/mol. The van der Waals surface area contributed by atoms with Crippen molar-refractivity contribution in [3.63, 3.8) is 0 Å². The fourth-order valence-corrected chi connectivity index (χ4v) is 2.99. The van der Waals surface area contributed by atoms with E-state index in [1.165, 1.54) is 0 Å². The molecule has 7 heteroatoms. The van der Waals surface area contributed by atoms with Gasteiger partial charge in [0.1, 0.15) is 5.82 Å². The summed E-state index contributed by atoms with van der Waals surface area (Å²) < 4.78 is 5.81. The van der Waals surface area contributed by atoms with Gasteiger partial charge in [0.15, 0.2) is 0 Å². The fraction of sp³-hybridized carbons (Fsp3) is 0.562. The highest BCUT2D eigenvalue weighted by Crippen LogP contribution is 2.34. The van der Waals surface area contributed by atoms with E-state index < -0.39 is 0 Å². The van der Waals surface area contributed by atoms with Gasteiger partial charge in [0.25, 0.3) is 5.89 Å². The molecule has 7 nitrogen and oxygen atoms in total. The summed E-state index contributed by atoms with van der Waals surface area (Å²) in [6.45, 7) is 3.36. The number of piperidine rings is 1. The molecule has 4 rings (SSSR count). The van der Waals surface area contributed by atoms with E-state index in [9.17, 15) is 4.79 Å². The summed E-state index contributed by atoms with van der Waals surface area (Å²) in [7, 11) is 0. The van der Waals surface area contributed by atoms with Crippen molar-refractivity contribution >= 4 is 5.91 Å². The molecule has 0 radical (unpaired) electrons. The van der Waals surface area contributed by atoms with Crippen LogP contribution in [0.15, 0.2) is 16.8 Å². The minimum absolute atomic E-state index is 0.124. The number of nitrogens with zero attached hydrogens (tertiary/aromatic N) is 5. The molecule has 2 aromatic rings. The Hall–Kier alpha value is -2.31. The van der Waals surface area contributed by atoms with Crippen LogP contribution < -0.4 is 0 Å². The normalized spacial score (nSPS) is 21.4. The molecular formula is C16H19N5O2. The van der Waals surface area contributed by atoms with Crippen LogP contribution in [-0.2, 0) is 4.79 Å². The van der Waals surface area contributed by atoms with E-state index >= 15 is 0 Å². The number of carbonyl (C=O) groups excluding carboxylic acids is 1. The van der Waals surface area contributed by atoms with Crippen LogP contribution in [0.25, 0.3) is 11.5 Å². The number of likely N-dealkylation sites (tertiary alicyclic amines) is 1. The zero-order valence-corrected chi connectivity index (χ0v) is 13.1. The number of carbonyl (C=O) groups is 1. The zero-order chi connectivity index (χ0) is 15.8. The van der Waals surface area contributed by atoms with Gasteiger partial charge in [-0.15, -0.1) is 10.2 Å². The number of hydrogen-bond acceptors (Lipinski definition) is 6. The smallest absolute Gasteiger partial charge is 0.250 e. The maximum Gasteiger partial charge on any atom is 0.250 e. The quantitative estimate of drug-likeness (QED) is 0.861. The lowest BCUT2D eigenvalue weighted by Crippen LogP contribution is -2.40. The molecule has 1 aliphatic heterocycles. The van der Waals surface area contributed by atoms with Gasteiger partial charge < -0.3 is 9.32 Å². The van der Waals surface area contributed by atoms with Crippen LogP contribution in [0.4, 0.5) is 0 Å².